The first kappa shape index (κ1) is 22.3. The van der Waals surface area contributed by atoms with Crippen LogP contribution in [0.15, 0.2) is 48.5 Å². The Hall–Kier alpha value is -3.35. The van der Waals surface area contributed by atoms with Crippen LogP contribution in [-0.2, 0) is 19.1 Å². The zero-order valence-corrected chi connectivity index (χ0v) is 18.0. The molecule has 0 fully saturated rings. The third-order valence-electron chi connectivity index (χ3n) is 5.04. The van der Waals surface area contributed by atoms with Gasteiger partial charge in [0.25, 0.3) is 0 Å². The molecule has 0 spiro atoms. The highest BCUT2D eigenvalue weighted by Crippen LogP contribution is 2.44. The molecule has 2 amide bonds. The van der Waals surface area contributed by atoms with E-state index < -0.39 is 29.6 Å². The molecule has 1 atom stereocenters. The van der Waals surface area contributed by atoms with Gasteiger partial charge in [-0.05, 0) is 49.4 Å². The first-order valence-corrected chi connectivity index (χ1v) is 10.3. The van der Waals surface area contributed by atoms with E-state index in [0.717, 1.165) is 22.3 Å². The minimum Gasteiger partial charge on any atom is -0.460 e. The number of fused-ring (bicyclic) bond motifs is 3. The molecule has 0 unspecified atom stereocenters. The van der Waals surface area contributed by atoms with Crippen molar-refractivity contribution >= 4 is 18.0 Å². The van der Waals surface area contributed by atoms with E-state index in [1.165, 1.54) is 0 Å². The highest BCUT2D eigenvalue weighted by molar-refractivity contribution is 5.85. The predicted molar refractivity (Wildman–Crippen MR) is 116 cm³/mol. The molecule has 0 heterocycles. The van der Waals surface area contributed by atoms with E-state index >= 15 is 0 Å². The van der Waals surface area contributed by atoms with Crippen LogP contribution in [0.5, 0.6) is 0 Å². The van der Waals surface area contributed by atoms with Gasteiger partial charge < -0.3 is 20.5 Å². The Morgan fingerprint density at radius 3 is 2.06 bits per heavy atom. The second-order valence-electron chi connectivity index (χ2n) is 8.55. The van der Waals surface area contributed by atoms with E-state index in [9.17, 15) is 14.4 Å². The van der Waals surface area contributed by atoms with Gasteiger partial charge >= 0.3 is 12.1 Å². The molecule has 0 saturated carbocycles. The summed E-state index contributed by atoms with van der Waals surface area (Å²) in [5.41, 5.74) is 9.19. The Kier molecular flexibility index (Phi) is 6.63. The summed E-state index contributed by atoms with van der Waals surface area (Å²) in [6, 6.07) is 15.0. The third-order valence-corrected chi connectivity index (χ3v) is 5.04. The molecule has 1 aliphatic rings. The summed E-state index contributed by atoms with van der Waals surface area (Å²) < 4.78 is 10.7. The summed E-state index contributed by atoms with van der Waals surface area (Å²) in [5, 5.41) is 2.46. The fourth-order valence-corrected chi connectivity index (χ4v) is 3.72. The van der Waals surface area contributed by atoms with E-state index in [4.69, 9.17) is 15.2 Å². The van der Waals surface area contributed by atoms with Crippen LogP contribution in [0, 0.1) is 0 Å². The maximum Gasteiger partial charge on any atom is 0.407 e. The largest absolute Gasteiger partial charge is 0.460 e. The lowest BCUT2D eigenvalue weighted by Gasteiger charge is -2.21. The molecule has 0 aromatic heterocycles. The molecular formula is C24H28N2O5. The van der Waals surface area contributed by atoms with Gasteiger partial charge in [0.1, 0.15) is 18.2 Å². The molecule has 3 N–H and O–H groups in total. The first-order valence-electron chi connectivity index (χ1n) is 10.3. The number of nitrogens with one attached hydrogen (secondary N) is 1. The van der Waals surface area contributed by atoms with Crippen LogP contribution in [0.4, 0.5) is 4.79 Å². The quantitative estimate of drug-likeness (QED) is 0.662. The lowest BCUT2D eigenvalue weighted by atomic mass is 9.98. The molecule has 3 rings (SSSR count). The van der Waals surface area contributed by atoms with Crippen LogP contribution in [0.25, 0.3) is 11.1 Å². The Morgan fingerprint density at radius 2 is 1.55 bits per heavy atom. The van der Waals surface area contributed by atoms with E-state index in [1.54, 1.807) is 20.8 Å². The zero-order valence-electron chi connectivity index (χ0n) is 18.0. The van der Waals surface area contributed by atoms with E-state index in [0.29, 0.717) is 0 Å². The number of esters is 1. The molecule has 1 aliphatic carbocycles. The van der Waals surface area contributed by atoms with Crippen LogP contribution in [0.2, 0.25) is 0 Å². The van der Waals surface area contributed by atoms with Crippen molar-refractivity contribution in [2.45, 2.75) is 51.2 Å². The number of benzene rings is 2. The van der Waals surface area contributed by atoms with Gasteiger partial charge in [0.2, 0.25) is 5.91 Å². The minimum absolute atomic E-state index is 0.0362. The van der Waals surface area contributed by atoms with Crippen LogP contribution < -0.4 is 11.1 Å². The molecule has 0 radical (unpaired) electrons. The predicted octanol–water partition coefficient (Wildman–Crippen LogP) is 3.50. The van der Waals surface area contributed by atoms with Crippen LogP contribution in [-0.4, -0.2) is 36.2 Å². The molecule has 0 saturated heterocycles. The molecule has 7 heteroatoms. The smallest absolute Gasteiger partial charge is 0.407 e. The highest BCUT2D eigenvalue weighted by Gasteiger charge is 2.29. The van der Waals surface area contributed by atoms with Gasteiger partial charge in [-0.1, -0.05) is 48.5 Å². The molecule has 2 aromatic carbocycles. The van der Waals surface area contributed by atoms with E-state index in [-0.39, 0.29) is 25.4 Å². The maximum absolute atomic E-state index is 12.4. The Morgan fingerprint density at radius 1 is 1.00 bits per heavy atom. The molecular weight excluding hydrogens is 396 g/mol. The second-order valence-corrected chi connectivity index (χ2v) is 8.55. The first-order chi connectivity index (χ1) is 14.7. The van der Waals surface area contributed by atoms with Gasteiger partial charge in [0, 0.05) is 12.3 Å². The van der Waals surface area contributed by atoms with Crippen molar-refractivity contribution in [3.8, 4) is 11.1 Å². The minimum atomic E-state index is -1.02. The number of carbonyl (C=O) groups is 3. The van der Waals surface area contributed by atoms with Crippen LogP contribution in [0.1, 0.15) is 50.7 Å². The van der Waals surface area contributed by atoms with Gasteiger partial charge in [0.05, 0.1) is 0 Å². The van der Waals surface area contributed by atoms with Gasteiger partial charge in [-0.2, -0.15) is 0 Å². The number of nitrogens with two attached hydrogens (primary N) is 1. The molecule has 164 valence electrons. The molecule has 0 aliphatic heterocycles. The molecule has 31 heavy (non-hydrogen) atoms. The monoisotopic (exact) mass is 424 g/mol. The normalized spacial score (nSPS) is 13.6. The maximum atomic E-state index is 12.4. The van der Waals surface area contributed by atoms with Crippen molar-refractivity contribution in [3.05, 3.63) is 59.7 Å². The summed E-state index contributed by atoms with van der Waals surface area (Å²) in [5.74, 6) is -1.29. The van der Waals surface area contributed by atoms with Gasteiger partial charge in [-0.15, -0.1) is 0 Å². The average molecular weight is 424 g/mol. The molecule has 0 bridgehead atoms. The van der Waals surface area contributed by atoms with Crippen molar-refractivity contribution in [1.29, 1.82) is 0 Å². The average Bonchev–Trinajstić information content (AvgIpc) is 3.02. The summed E-state index contributed by atoms with van der Waals surface area (Å²) in [7, 11) is 0. The molecule has 7 nitrogen and oxygen atoms in total. The molecule has 2 aromatic rings. The number of primary amides is 1. The summed E-state index contributed by atoms with van der Waals surface area (Å²) in [6.45, 7) is 5.39. The van der Waals surface area contributed by atoms with Gasteiger partial charge in [-0.25, -0.2) is 4.79 Å². The number of rotatable bonds is 7. The van der Waals surface area contributed by atoms with Crippen LogP contribution >= 0.6 is 0 Å². The van der Waals surface area contributed by atoms with Gasteiger partial charge in [-0.3, -0.25) is 9.59 Å². The van der Waals surface area contributed by atoms with Crippen molar-refractivity contribution in [2.24, 2.45) is 5.73 Å². The number of hydrogen-bond acceptors (Lipinski definition) is 5. The fourth-order valence-electron chi connectivity index (χ4n) is 3.72. The second kappa shape index (κ2) is 9.20. The van der Waals surface area contributed by atoms with E-state index in [1.807, 2.05) is 48.5 Å². The lowest BCUT2D eigenvalue weighted by molar-refractivity contribution is -0.155. The lowest BCUT2D eigenvalue weighted by Crippen LogP contribution is -2.45. The fraction of sp³-hybridized carbons (Fsp3) is 0.375. The van der Waals surface area contributed by atoms with Gasteiger partial charge in [0.15, 0.2) is 0 Å². The summed E-state index contributed by atoms with van der Waals surface area (Å²) >= 11 is 0. The highest BCUT2D eigenvalue weighted by atomic mass is 16.6. The topological polar surface area (TPSA) is 108 Å². The Balaban J connectivity index is 1.59. The van der Waals surface area contributed by atoms with Crippen molar-refractivity contribution < 1.29 is 23.9 Å². The van der Waals surface area contributed by atoms with Crippen molar-refractivity contribution in [2.75, 3.05) is 6.61 Å². The Labute approximate surface area is 181 Å². The summed E-state index contributed by atoms with van der Waals surface area (Å²) in [6.07, 6.45) is -0.766. The Bertz CT molecular complexity index is 934. The van der Waals surface area contributed by atoms with E-state index in [2.05, 4.69) is 5.32 Å². The van der Waals surface area contributed by atoms with Crippen molar-refractivity contribution in [1.82, 2.24) is 5.32 Å². The number of alkyl carbamates (subject to hydrolysis) is 1. The zero-order chi connectivity index (χ0) is 22.6. The van der Waals surface area contributed by atoms with Crippen LogP contribution in [0.3, 0.4) is 0 Å². The number of carbonyl (C=O) groups excluding carboxylic acids is 3. The standard InChI is InChI=1S/C24H28N2O5/c1-24(2,3)31-21(27)13-12-20(22(25)28)26-23(29)30-14-19-17-10-6-4-8-15(17)16-9-5-7-11-18(16)19/h4-11,19-20H,12-14H2,1-3H3,(H2,25,28)(H,26,29)/t20-/m0/s1. The number of amides is 2. The SMILES string of the molecule is CC(C)(C)OC(=O)CC[C@H](NC(=O)OCC1c2ccccc2-c2ccccc21)C(N)=O. The van der Waals surface area contributed by atoms with Crippen molar-refractivity contribution in [3.63, 3.8) is 0 Å². The third kappa shape index (κ3) is 5.63. The number of ether oxygens (including phenoxy) is 2. The number of hydrogen-bond donors (Lipinski definition) is 2. The summed E-state index contributed by atoms with van der Waals surface area (Å²) in [4.78, 5) is 36.0.